The van der Waals surface area contributed by atoms with Crippen molar-refractivity contribution in [2.24, 2.45) is 5.92 Å². The van der Waals surface area contributed by atoms with Gasteiger partial charge in [0.2, 0.25) is 11.7 Å². The highest BCUT2D eigenvalue weighted by molar-refractivity contribution is 15.0. The summed E-state index contributed by atoms with van der Waals surface area (Å²) < 4.78 is 21.1. The normalized spacial score (nSPS) is 22.3. The number of esters is 3. The average Bonchev–Trinajstić information content (AvgIpc) is 2.66. The number of nitrogens with one attached hydrogen (secondary N) is 1. The monoisotopic (exact) mass is 639 g/mol. The number of hydrogen-bond donors (Lipinski definition) is 1. The quantitative estimate of drug-likeness (QED) is 0.257. The van der Waals surface area contributed by atoms with Crippen LogP contribution in [0.25, 0.3) is 0 Å². The molecule has 0 spiro atoms. The second-order valence-electron chi connectivity index (χ2n) is 6.32. The third-order valence-corrected chi connectivity index (χ3v) is 4.17. The van der Waals surface area contributed by atoms with Gasteiger partial charge < -0.3 is 24.3 Å². The highest BCUT2D eigenvalue weighted by atomic mass is 128. The maximum absolute atomic E-state index is 12.0. The van der Waals surface area contributed by atoms with E-state index in [-0.39, 0.29) is 11.7 Å². The molecule has 0 bridgehead atoms. The number of rotatable bonds is 7. The van der Waals surface area contributed by atoms with Crippen LogP contribution in [-0.4, -0.2) is 55.3 Å². The van der Waals surface area contributed by atoms with E-state index >= 15 is 0 Å². The van der Waals surface area contributed by atoms with Gasteiger partial charge in [0.15, 0.2) is 0 Å². The minimum atomic E-state index is -0.948. The van der Waals surface area contributed by atoms with Crippen molar-refractivity contribution in [1.82, 2.24) is 5.32 Å². The second-order valence-corrected chi connectivity index (χ2v) is 6.32. The van der Waals surface area contributed by atoms with Crippen LogP contribution in [0.2, 0.25) is 0 Å². The molecule has 1 heterocycles. The molecule has 5 atom stereocenters. The lowest BCUT2D eigenvalue weighted by Gasteiger charge is -2.40. The number of carbonyl (C=O) groups excluding carboxylic acids is 4. The molecule has 0 saturated carbocycles. The van der Waals surface area contributed by atoms with Crippen molar-refractivity contribution in [1.29, 1.82) is 0 Å². The van der Waals surface area contributed by atoms with Crippen molar-refractivity contribution >= 4 is 61.0 Å². The van der Waals surface area contributed by atoms with Crippen molar-refractivity contribution in [3.63, 3.8) is 0 Å². The third-order valence-electron chi connectivity index (χ3n) is 4.17. The number of amides is 1. The fraction of sp³-hybridized carbons (Fsp3) is 0.667. The van der Waals surface area contributed by atoms with Gasteiger partial charge in [-0.2, -0.15) is 0 Å². The summed E-state index contributed by atoms with van der Waals surface area (Å²) in [4.78, 5) is 46.6. The summed E-state index contributed by atoms with van der Waals surface area (Å²) >= 11 is 4.24. The highest BCUT2D eigenvalue weighted by Gasteiger charge is 2.44. The van der Waals surface area contributed by atoms with E-state index in [2.05, 4.69) is 42.5 Å². The Morgan fingerprint density at radius 3 is 2.17 bits per heavy atom. The van der Waals surface area contributed by atoms with Crippen LogP contribution in [0, 0.1) is 5.92 Å². The van der Waals surface area contributed by atoms with Crippen LogP contribution >= 0.6 is 37.2 Å². The zero-order valence-electron chi connectivity index (χ0n) is 17.2. The van der Waals surface area contributed by atoms with E-state index in [4.69, 9.17) is 18.9 Å². The first-order chi connectivity index (χ1) is 13.6. The van der Waals surface area contributed by atoms with Crippen molar-refractivity contribution in [2.45, 2.75) is 65.4 Å². The van der Waals surface area contributed by atoms with E-state index in [1.165, 1.54) is 34.0 Å². The summed E-state index contributed by atoms with van der Waals surface area (Å²) in [7, 11) is 1.19. The summed E-state index contributed by atoms with van der Waals surface area (Å²) in [6, 6.07) is -0.778. The first-order valence-corrected chi connectivity index (χ1v) is 15.1. The van der Waals surface area contributed by atoms with E-state index in [0.29, 0.717) is 6.42 Å². The molecule has 1 rings (SSSR count). The largest absolute Gasteiger partial charge is 0.481 e. The van der Waals surface area contributed by atoms with Gasteiger partial charge in [-0.15, -0.1) is 0 Å². The Morgan fingerprint density at radius 1 is 1.17 bits per heavy atom. The molecular formula is C18H27I2NO8. The van der Waals surface area contributed by atoms with Crippen LogP contribution in [0.15, 0.2) is 11.8 Å². The van der Waals surface area contributed by atoms with E-state index < -0.39 is 48.2 Å². The Balaban J connectivity index is 0.00000379. The first-order valence-electron chi connectivity index (χ1n) is 8.83. The van der Waals surface area contributed by atoms with Gasteiger partial charge in [0.05, 0.1) is 7.11 Å². The van der Waals surface area contributed by atoms with Gasteiger partial charge in [-0.1, -0.05) is 13.8 Å². The molecule has 0 radical (unpaired) electrons. The second kappa shape index (κ2) is 14.0. The molecule has 166 valence electrons. The zero-order valence-corrected chi connectivity index (χ0v) is 21.5. The molecule has 1 amide bonds. The molecule has 0 unspecified atom stereocenters. The van der Waals surface area contributed by atoms with Crippen LogP contribution < -0.4 is 5.32 Å². The number of carbonyl (C=O) groups is 4. The van der Waals surface area contributed by atoms with Gasteiger partial charge in [-0.05, 0) is 6.42 Å². The molecule has 9 nitrogen and oxygen atoms in total. The summed E-state index contributed by atoms with van der Waals surface area (Å²) in [6.45, 7) is 7.43. The number of halogens is 2. The summed E-state index contributed by atoms with van der Waals surface area (Å²) in [5.74, 6) is -2.72. The number of methoxy groups -OCH3 is 1. The number of hydrogen-bond acceptors (Lipinski definition) is 8. The van der Waals surface area contributed by atoms with Crippen LogP contribution in [-0.2, 0) is 38.1 Å². The zero-order chi connectivity index (χ0) is 22.7. The van der Waals surface area contributed by atoms with Crippen LogP contribution in [0.3, 0.4) is 0 Å². The molecular weight excluding hydrogens is 612 g/mol. The van der Waals surface area contributed by atoms with Gasteiger partial charge in [0.25, 0.3) is 0 Å². The Bertz CT molecular complexity index is 625. The van der Waals surface area contributed by atoms with Gasteiger partial charge in [0.1, 0.15) is 24.4 Å². The molecule has 1 aliphatic rings. The van der Waals surface area contributed by atoms with Gasteiger partial charge in [0, 0.05) is 70.0 Å². The smallest absolute Gasteiger partial charge is 0.373 e. The summed E-state index contributed by atoms with van der Waals surface area (Å²) in [6.07, 6.45) is -0.496. The molecule has 0 aromatic carbocycles. The maximum Gasteiger partial charge on any atom is 0.373 e. The Hall–Kier alpha value is -1.12. The molecule has 29 heavy (non-hydrogen) atoms. The lowest BCUT2D eigenvalue weighted by Crippen LogP contribution is -2.58. The van der Waals surface area contributed by atoms with E-state index in [1.807, 2.05) is 6.92 Å². The average molecular weight is 639 g/mol. The predicted octanol–water partition coefficient (Wildman–Crippen LogP) is 2.63. The molecule has 11 heteroatoms. The summed E-state index contributed by atoms with van der Waals surface area (Å²) in [5.41, 5.74) is 0. The Kier molecular flexibility index (Phi) is 13.4. The summed E-state index contributed by atoms with van der Waals surface area (Å²) in [5, 5.41) is 2.70. The van der Waals surface area contributed by atoms with Gasteiger partial charge >= 0.3 is 17.9 Å². The molecule has 1 N–H and O–H groups in total. The Labute approximate surface area is 193 Å². The molecule has 1 aliphatic heterocycles. The fourth-order valence-corrected chi connectivity index (χ4v) is 3.04. The minimum Gasteiger partial charge on any atom is -0.481 e. The van der Waals surface area contributed by atoms with Crippen molar-refractivity contribution in [2.75, 3.05) is 7.11 Å². The van der Waals surface area contributed by atoms with Crippen molar-refractivity contribution in [3.05, 3.63) is 11.8 Å². The number of ether oxygens (including phenoxy) is 4. The van der Waals surface area contributed by atoms with Crippen LogP contribution in [0.1, 0.15) is 41.0 Å². The molecule has 0 aromatic heterocycles. The first kappa shape index (κ1) is 27.9. The third kappa shape index (κ3) is 9.05. The van der Waals surface area contributed by atoms with Crippen molar-refractivity contribution < 1.29 is 38.1 Å². The molecule has 0 aromatic rings. The van der Waals surface area contributed by atoms with Crippen LogP contribution in [0.5, 0.6) is 0 Å². The lowest BCUT2D eigenvalue weighted by molar-refractivity contribution is -0.161. The predicted molar refractivity (Wildman–Crippen MR) is 121 cm³/mol. The standard InChI is InChI=1S/C18H27NO8.I2/c1-7-13(25-11(4)21)9(2)17-16(19-10(3)20)14(26-12(5)22)8-15(27-17)18(23)24-6;1-2/h8-9,13-14,16-17H,7H2,1-6H3,(H,19,20);/t9-,13-,14+,16-,17+;/m1./s1. The van der Waals surface area contributed by atoms with Crippen molar-refractivity contribution in [3.8, 4) is 0 Å². The van der Waals surface area contributed by atoms with Crippen LogP contribution in [0.4, 0.5) is 0 Å². The maximum atomic E-state index is 12.0. The van der Waals surface area contributed by atoms with E-state index in [0.717, 1.165) is 0 Å². The van der Waals surface area contributed by atoms with Gasteiger partial charge in [-0.25, -0.2) is 4.79 Å². The molecule has 0 aliphatic carbocycles. The minimum absolute atomic E-state index is 0.139. The molecule has 0 saturated heterocycles. The fourth-order valence-electron chi connectivity index (χ4n) is 3.04. The topological polar surface area (TPSA) is 117 Å². The highest BCUT2D eigenvalue weighted by Crippen LogP contribution is 2.30. The van der Waals surface area contributed by atoms with E-state index in [1.54, 1.807) is 6.92 Å². The van der Waals surface area contributed by atoms with Gasteiger partial charge in [-0.3, -0.25) is 14.4 Å². The SMILES string of the molecule is CC[C@@H](OC(C)=O)[C@@H](C)[C@@H]1OC(C(=O)OC)=C[C@H](OC(C)=O)[C@H]1NC(C)=O.II. The molecule has 0 fully saturated rings. The van der Waals surface area contributed by atoms with E-state index in [9.17, 15) is 19.2 Å². The lowest BCUT2D eigenvalue weighted by atomic mass is 9.86. The Morgan fingerprint density at radius 2 is 1.76 bits per heavy atom.